The van der Waals surface area contributed by atoms with Crippen molar-refractivity contribution >= 4 is 32.3 Å². The minimum absolute atomic E-state index is 0.167. The van der Waals surface area contributed by atoms with E-state index in [4.69, 9.17) is 4.74 Å². The molecule has 26 heavy (non-hydrogen) atoms. The second-order valence-electron chi connectivity index (χ2n) is 5.94. The fraction of sp³-hybridized carbons (Fsp3) is 0.211. The monoisotopic (exact) mass is 371 g/mol. The number of benzene rings is 2. The van der Waals surface area contributed by atoms with E-state index in [-0.39, 0.29) is 4.90 Å². The van der Waals surface area contributed by atoms with Gasteiger partial charge in [0.2, 0.25) is 0 Å². The van der Waals surface area contributed by atoms with Crippen molar-refractivity contribution in [3.05, 3.63) is 54.7 Å². The van der Waals surface area contributed by atoms with Gasteiger partial charge in [-0.2, -0.15) is 0 Å². The minimum atomic E-state index is -3.76. The predicted molar refractivity (Wildman–Crippen MR) is 104 cm³/mol. The largest absolute Gasteiger partial charge is 0.492 e. The van der Waals surface area contributed by atoms with Crippen molar-refractivity contribution in [1.29, 1.82) is 0 Å². The normalized spacial score (nSPS) is 11.3. The van der Waals surface area contributed by atoms with Crippen LogP contribution in [0.1, 0.15) is 6.92 Å². The first-order valence-corrected chi connectivity index (χ1v) is 9.71. The van der Waals surface area contributed by atoms with Crippen LogP contribution in [-0.2, 0) is 10.0 Å². The number of aromatic nitrogens is 1. The number of rotatable bonds is 6. The van der Waals surface area contributed by atoms with Crippen LogP contribution in [0.5, 0.6) is 5.75 Å². The molecule has 3 aromatic rings. The summed E-state index contributed by atoms with van der Waals surface area (Å²) >= 11 is 0. The van der Waals surface area contributed by atoms with Gasteiger partial charge in [-0.1, -0.05) is 0 Å². The molecule has 0 radical (unpaired) electrons. The molecule has 0 unspecified atom stereocenters. The standard InChI is InChI=1S/C19H21N3O3S/c1-4-25-17-11-12-18(16-6-5-13-20-19(16)17)26(23,24)21-14-7-9-15(10-8-14)22(2)3/h5-13,21H,4H2,1-3H3. The second-order valence-corrected chi connectivity index (χ2v) is 7.59. The Bertz CT molecular complexity index is 1020. The van der Waals surface area contributed by atoms with Crippen LogP contribution in [0.25, 0.3) is 10.9 Å². The lowest BCUT2D eigenvalue weighted by Gasteiger charge is -2.15. The lowest BCUT2D eigenvalue weighted by molar-refractivity contribution is 0.343. The van der Waals surface area contributed by atoms with Crippen molar-refractivity contribution in [2.24, 2.45) is 0 Å². The molecule has 0 atom stereocenters. The van der Waals surface area contributed by atoms with Gasteiger partial charge < -0.3 is 9.64 Å². The lowest BCUT2D eigenvalue weighted by atomic mass is 10.2. The number of hydrogen-bond acceptors (Lipinski definition) is 5. The Morgan fingerprint density at radius 1 is 1.08 bits per heavy atom. The first-order valence-electron chi connectivity index (χ1n) is 8.23. The molecule has 136 valence electrons. The zero-order chi connectivity index (χ0) is 18.7. The van der Waals surface area contributed by atoms with Gasteiger partial charge in [0.15, 0.2) is 0 Å². The first-order chi connectivity index (χ1) is 12.4. The molecule has 0 amide bonds. The van der Waals surface area contributed by atoms with E-state index in [1.54, 1.807) is 42.6 Å². The fourth-order valence-electron chi connectivity index (χ4n) is 2.66. The maximum absolute atomic E-state index is 12.9. The summed E-state index contributed by atoms with van der Waals surface area (Å²) in [4.78, 5) is 6.40. The summed E-state index contributed by atoms with van der Waals surface area (Å²) in [5, 5.41) is 0.524. The highest BCUT2D eigenvalue weighted by Crippen LogP contribution is 2.30. The van der Waals surface area contributed by atoms with Gasteiger partial charge in [0.25, 0.3) is 10.0 Å². The molecule has 0 fully saturated rings. The van der Waals surface area contributed by atoms with Gasteiger partial charge in [0.05, 0.1) is 11.5 Å². The molecule has 0 spiro atoms. The number of anilines is 2. The Labute approximate surface area is 153 Å². The number of ether oxygens (including phenoxy) is 1. The zero-order valence-electron chi connectivity index (χ0n) is 14.9. The molecule has 0 aliphatic rings. The molecule has 1 aromatic heterocycles. The van der Waals surface area contributed by atoms with E-state index in [2.05, 4.69) is 9.71 Å². The van der Waals surface area contributed by atoms with Crippen LogP contribution in [0.3, 0.4) is 0 Å². The van der Waals surface area contributed by atoms with Crippen molar-refractivity contribution in [2.45, 2.75) is 11.8 Å². The summed E-state index contributed by atoms with van der Waals surface area (Å²) in [7, 11) is 0.0937. The highest BCUT2D eigenvalue weighted by molar-refractivity contribution is 7.93. The Hall–Kier alpha value is -2.80. The number of pyridine rings is 1. The van der Waals surface area contributed by atoms with Crippen molar-refractivity contribution in [3.8, 4) is 5.75 Å². The molecule has 0 bridgehead atoms. The summed E-state index contributed by atoms with van der Waals surface area (Å²) in [6, 6.07) is 13.8. The maximum atomic E-state index is 12.9. The molecule has 0 aliphatic heterocycles. The van der Waals surface area contributed by atoms with Crippen LogP contribution >= 0.6 is 0 Å². The van der Waals surface area contributed by atoms with Gasteiger partial charge in [-0.25, -0.2) is 8.42 Å². The van der Waals surface area contributed by atoms with Crippen LogP contribution in [0.4, 0.5) is 11.4 Å². The third kappa shape index (κ3) is 3.57. The number of sulfonamides is 1. The topological polar surface area (TPSA) is 71.5 Å². The highest BCUT2D eigenvalue weighted by Gasteiger charge is 2.20. The van der Waals surface area contributed by atoms with Crippen molar-refractivity contribution in [2.75, 3.05) is 30.3 Å². The third-order valence-corrected chi connectivity index (χ3v) is 5.36. The molecule has 1 N–H and O–H groups in total. The summed E-state index contributed by atoms with van der Waals surface area (Å²) in [5.41, 5.74) is 2.02. The van der Waals surface area contributed by atoms with Crippen molar-refractivity contribution in [3.63, 3.8) is 0 Å². The summed E-state index contributed by atoms with van der Waals surface area (Å²) < 4.78 is 34.0. The maximum Gasteiger partial charge on any atom is 0.262 e. The molecule has 0 aliphatic carbocycles. The summed E-state index contributed by atoms with van der Waals surface area (Å²) in [5.74, 6) is 0.567. The summed E-state index contributed by atoms with van der Waals surface area (Å²) in [6.45, 7) is 2.35. The number of nitrogens with zero attached hydrogens (tertiary/aromatic N) is 2. The van der Waals surface area contributed by atoms with E-state index in [1.807, 2.05) is 38.1 Å². The van der Waals surface area contributed by atoms with Crippen LogP contribution in [0.2, 0.25) is 0 Å². The lowest BCUT2D eigenvalue weighted by Crippen LogP contribution is -2.14. The number of fused-ring (bicyclic) bond motifs is 1. The van der Waals surface area contributed by atoms with Gasteiger partial charge >= 0.3 is 0 Å². The van der Waals surface area contributed by atoms with Crippen LogP contribution < -0.4 is 14.4 Å². The van der Waals surface area contributed by atoms with Gasteiger partial charge in [-0.3, -0.25) is 9.71 Å². The van der Waals surface area contributed by atoms with Crippen LogP contribution in [0, 0.1) is 0 Å². The first kappa shape index (κ1) is 18.0. The van der Waals surface area contributed by atoms with E-state index in [0.717, 1.165) is 5.69 Å². The molecule has 0 saturated carbocycles. The zero-order valence-corrected chi connectivity index (χ0v) is 15.7. The van der Waals surface area contributed by atoms with Gasteiger partial charge in [-0.15, -0.1) is 0 Å². The molecular formula is C19H21N3O3S. The smallest absolute Gasteiger partial charge is 0.262 e. The van der Waals surface area contributed by atoms with E-state index >= 15 is 0 Å². The molecule has 3 rings (SSSR count). The molecule has 7 heteroatoms. The van der Waals surface area contributed by atoms with E-state index < -0.39 is 10.0 Å². The molecular weight excluding hydrogens is 350 g/mol. The van der Waals surface area contributed by atoms with E-state index in [1.165, 1.54) is 0 Å². The molecule has 2 aromatic carbocycles. The van der Waals surface area contributed by atoms with Crippen LogP contribution in [0.15, 0.2) is 59.6 Å². The quantitative estimate of drug-likeness (QED) is 0.718. The highest BCUT2D eigenvalue weighted by atomic mass is 32.2. The Morgan fingerprint density at radius 3 is 2.46 bits per heavy atom. The van der Waals surface area contributed by atoms with E-state index in [0.29, 0.717) is 28.9 Å². The van der Waals surface area contributed by atoms with Crippen molar-refractivity contribution in [1.82, 2.24) is 4.98 Å². The average molecular weight is 371 g/mol. The number of nitrogens with one attached hydrogen (secondary N) is 1. The molecule has 1 heterocycles. The van der Waals surface area contributed by atoms with Gasteiger partial charge in [-0.05, 0) is 55.5 Å². The average Bonchev–Trinajstić information content (AvgIpc) is 2.62. The summed E-state index contributed by atoms with van der Waals surface area (Å²) in [6.07, 6.45) is 1.62. The van der Waals surface area contributed by atoms with E-state index in [9.17, 15) is 8.42 Å². The van der Waals surface area contributed by atoms with Crippen LogP contribution in [-0.4, -0.2) is 34.1 Å². The number of hydrogen-bond donors (Lipinski definition) is 1. The Morgan fingerprint density at radius 2 is 1.81 bits per heavy atom. The van der Waals surface area contributed by atoms with Gasteiger partial charge in [0, 0.05) is 37.1 Å². The molecule has 6 nitrogen and oxygen atoms in total. The van der Waals surface area contributed by atoms with Crippen molar-refractivity contribution < 1.29 is 13.2 Å². The third-order valence-electron chi connectivity index (χ3n) is 3.92. The second kappa shape index (κ2) is 7.21. The molecule has 0 saturated heterocycles. The fourth-order valence-corrected chi connectivity index (χ4v) is 3.92. The Kier molecular flexibility index (Phi) is 4.99. The predicted octanol–water partition coefficient (Wildman–Crippen LogP) is 3.50. The SMILES string of the molecule is CCOc1ccc(S(=O)(=O)Nc2ccc(N(C)C)cc2)c2cccnc12. The minimum Gasteiger partial charge on any atom is -0.492 e. The van der Waals surface area contributed by atoms with Gasteiger partial charge in [0.1, 0.15) is 11.3 Å². The Balaban J connectivity index is 2.00.